The number of benzene rings is 1. The molecule has 7 heteroatoms. The topological polar surface area (TPSA) is 90.3 Å². The first-order valence-corrected chi connectivity index (χ1v) is 8.45. The van der Waals surface area contributed by atoms with Crippen LogP contribution in [0.1, 0.15) is 49.4 Å². The lowest BCUT2D eigenvalue weighted by Gasteiger charge is -2.19. The zero-order valence-corrected chi connectivity index (χ0v) is 15.0. The van der Waals surface area contributed by atoms with Crippen molar-refractivity contribution in [3.8, 4) is 0 Å². The maximum absolute atomic E-state index is 12.5. The van der Waals surface area contributed by atoms with Crippen LogP contribution in [0.5, 0.6) is 0 Å². The van der Waals surface area contributed by atoms with Crippen LogP contribution in [-0.2, 0) is 16.0 Å². The van der Waals surface area contributed by atoms with Crippen molar-refractivity contribution in [2.75, 3.05) is 5.32 Å². The summed E-state index contributed by atoms with van der Waals surface area (Å²) in [7, 11) is 0. The van der Waals surface area contributed by atoms with Gasteiger partial charge >= 0.3 is 5.97 Å². The molecule has 7 nitrogen and oxygen atoms in total. The van der Waals surface area contributed by atoms with E-state index in [-0.39, 0.29) is 11.5 Å². The molecule has 0 unspecified atom stereocenters. The van der Waals surface area contributed by atoms with Crippen molar-refractivity contribution in [3.63, 3.8) is 0 Å². The third-order valence-corrected chi connectivity index (χ3v) is 4.00. The molecule has 1 aliphatic heterocycles. The van der Waals surface area contributed by atoms with Gasteiger partial charge in [-0.15, -0.1) is 0 Å². The molecule has 0 saturated carbocycles. The molecular formula is C19H21N3O4. The largest absolute Gasteiger partial charge is 0.456 e. The Hall–Kier alpha value is -2.96. The van der Waals surface area contributed by atoms with E-state index in [1.165, 1.54) is 16.8 Å². The van der Waals surface area contributed by atoms with E-state index >= 15 is 0 Å². The average molecular weight is 355 g/mol. The number of amides is 1. The number of aromatic nitrogens is 2. The molecule has 1 aliphatic rings. The van der Waals surface area contributed by atoms with Crippen molar-refractivity contribution >= 4 is 17.6 Å². The number of fused-ring (bicyclic) bond motifs is 1. The first-order chi connectivity index (χ1) is 12.2. The quantitative estimate of drug-likeness (QED) is 0.854. The Morgan fingerprint density at radius 2 is 1.88 bits per heavy atom. The van der Waals surface area contributed by atoms with Gasteiger partial charge in [0.1, 0.15) is 17.5 Å². The van der Waals surface area contributed by atoms with Crippen LogP contribution in [0.4, 0.5) is 5.69 Å². The summed E-state index contributed by atoms with van der Waals surface area (Å²) in [6.07, 6.45) is 2.59. The molecule has 1 N–H and O–H groups in total. The number of anilines is 1. The first kappa shape index (κ1) is 17.8. The van der Waals surface area contributed by atoms with Crippen LogP contribution in [0, 0.1) is 0 Å². The monoisotopic (exact) mass is 355 g/mol. The number of nitrogens with one attached hydrogen (secondary N) is 1. The first-order valence-electron chi connectivity index (χ1n) is 8.45. The fraction of sp³-hybridized carbons (Fsp3) is 0.368. The zero-order chi connectivity index (χ0) is 18.9. The molecule has 0 radical (unpaired) electrons. The van der Waals surface area contributed by atoms with Gasteiger partial charge in [-0.3, -0.25) is 14.2 Å². The summed E-state index contributed by atoms with van der Waals surface area (Å²) in [4.78, 5) is 40.7. The van der Waals surface area contributed by atoms with E-state index in [2.05, 4.69) is 10.3 Å². The number of carbonyl (C=O) groups is 2. The highest BCUT2D eigenvalue weighted by Gasteiger charge is 2.29. The van der Waals surface area contributed by atoms with Crippen LogP contribution in [0.15, 0.2) is 41.3 Å². The van der Waals surface area contributed by atoms with Crippen LogP contribution in [-0.4, -0.2) is 27.0 Å². The lowest BCUT2D eigenvalue weighted by molar-refractivity contribution is -0.119. The summed E-state index contributed by atoms with van der Waals surface area (Å²) in [6.45, 7) is 5.40. The molecule has 0 saturated heterocycles. The second-order valence-electron chi connectivity index (χ2n) is 7.19. The maximum atomic E-state index is 12.5. The molecule has 0 spiro atoms. The van der Waals surface area contributed by atoms with Crippen molar-refractivity contribution in [1.29, 1.82) is 0 Å². The lowest BCUT2D eigenvalue weighted by Crippen LogP contribution is -2.31. The number of hydrogen-bond acceptors (Lipinski definition) is 5. The minimum atomic E-state index is -0.572. The van der Waals surface area contributed by atoms with Crippen molar-refractivity contribution in [2.24, 2.45) is 0 Å². The van der Waals surface area contributed by atoms with Crippen molar-refractivity contribution in [1.82, 2.24) is 9.55 Å². The van der Waals surface area contributed by atoms with Crippen LogP contribution < -0.4 is 10.9 Å². The van der Waals surface area contributed by atoms with Gasteiger partial charge < -0.3 is 10.1 Å². The zero-order valence-electron chi connectivity index (χ0n) is 15.0. The molecule has 3 rings (SSSR count). The van der Waals surface area contributed by atoms with E-state index in [4.69, 9.17) is 4.74 Å². The second-order valence-corrected chi connectivity index (χ2v) is 7.19. The van der Waals surface area contributed by atoms with E-state index < -0.39 is 17.6 Å². The number of rotatable bonds is 3. The Morgan fingerprint density at radius 3 is 2.54 bits per heavy atom. The molecular weight excluding hydrogens is 334 g/mol. The second kappa shape index (κ2) is 6.74. The van der Waals surface area contributed by atoms with Gasteiger partial charge in [0.05, 0.1) is 5.56 Å². The Bertz CT molecular complexity index is 894. The lowest BCUT2D eigenvalue weighted by atomic mass is 10.1. The van der Waals surface area contributed by atoms with Crippen LogP contribution in [0.2, 0.25) is 0 Å². The summed E-state index contributed by atoms with van der Waals surface area (Å²) in [6, 6.07) is 7.25. The maximum Gasteiger partial charge on any atom is 0.338 e. The predicted molar refractivity (Wildman–Crippen MR) is 96.1 cm³/mol. The van der Waals surface area contributed by atoms with E-state index in [1.54, 1.807) is 45.0 Å². The van der Waals surface area contributed by atoms with Crippen LogP contribution >= 0.6 is 0 Å². The van der Waals surface area contributed by atoms with Crippen molar-refractivity contribution in [2.45, 2.75) is 45.3 Å². The normalized spacial score (nSPS) is 16.0. The summed E-state index contributed by atoms with van der Waals surface area (Å²) in [5, 5.41) is 2.79. The van der Waals surface area contributed by atoms with Gasteiger partial charge in [-0.25, -0.2) is 9.78 Å². The van der Waals surface area contributed by atoms with Gasteiger partial charge in [0.25, 0.3) is 5.56 Å². The average Bonchev–Trinajstić information content (AvgIpc) is 2.99. The molecule has 2 aromatic rings. The highest BCUT2D eigenvalue weighted by Crippen LogP contribution is 2.23. The van der Waals surface area contributed by atoms with Gasteiger partial charge in [0.2, 0.25) is 5.91 Å². The Kier molecular flexibility index (Phi) is 4.63. The SMILES string of the molecule is CC(C)(C)OC(=O)c1ccc(NC(=O)[C@@H]2CCc3nccc(=O)n32)cc1. The molecule has 1 aromatic heterocycles. The van der Waals surface area contributed by atoms with E-state index in [0.717, 1.165) is 0 Å². The molecule has 0 bridgehead atoms. The number of nitrogens with zero attached hydrogens (tertiary/aromatic N) is 2. The van der Waals surface area contributed by atoms with Gasteiger partial charge in [0, 0.05) is 24.4 Å². The van der Waals surface area contributed by atoms with Gasteiger partial charge in [0.15, 0.2) is 0 Å². The fourth-order valence-corrected chi connectivity index (χ4v) is 2.87. The molecule has 1 aromatic carbocycles. The van der Waals surface area contributed by atoms with Crippen molar-refractivity contribution in [3.05, 3.63) is 58.3 Å². The molecule has 1 atom stereocenters. The summed E-state index contributed by atoms with van der Waals surface area (Å²) >= 11 is 0. The smallest absolute Gasteiger partial charge is 0.338 e. The van der Waals surface area contributed by atoms with Crippen LogP contribution in [0.3, 0.4) is 0 Å². The minimum absolute atomic E-state index is 0.229. The summed E-state index contributed by atoms with van der Waals surface area (Å²) in [5.74, 6) is -0.0699. The number of esters is 1. The molecule has 26 heavy (non-hydrogen) atoms. The number of aryl methyl sites for hydroxylation is 1. The van der Waals surface area contributed by atoms with Crippen LogP contribution in [0.25, 0.3) is 0 Å². The highest BCUT2D eigenvalue weighted by molar-refractivity contribution is 5.95. The van der Waals surface area contributed by atoms with Gasteiger partial charge in [-0.1, -0.05) is 0 Å². The van der Waals surface area contributed by atoms with E-state index in [1.807, 2.05) is 0 Å². The minimum Gasteiger partial charge on any atom is -0.456 e. The Morgan fingerprint density at radius 1 is 1.19 bits per heavy atom. The predicted octanol–water partition coefficient (Wildman–Crippen LogP) is 2.32. The molecule has 0 aliphatic carbocycles. The van der Waals surface area contributed by atoms with Gasteiger partial charge in [-0.05, 0) is 51.5 Å². The standard InChI is InChI=1S/C19H21N3O4/c1-19(2,3)26-18(25)12-4-6-13(7-5-12)21-17(24)14-8-9-15-20-11-10-16(23)22(14)15/h4-7,10-11,14H,8-9H2,1-3H3,(H,21,24)/t14-/m0/s1. The Labute approximate surface area is 151 Å². The molecule has 2 heterocycles. The number of ether oxygens (including phenoxy) is 1. The molecule has 0 fully saturated rings. The fourth-order valence-electron chi connectivity index (χ4n) is 2.87. The third-order valence-electron chi connectivity index (χ3n) is 4.00. The third kappa shape index (κ3) is 3.82. The van der Waals surface area contributed by atoms with Gasteiger partial charge in [-0.2, -0.15) is 0 Å². The Balaban J connectivity index is 1.70. The number of hydrogen-bond donors (Lipinski definition) is 1. The summed E-state index contributed by atoms with van der Waals surface area (Å²) < 4.78 is 6.74. The highest BCUT2D eigenvalue weighted by atomic mass is 16.6. The van der Waals surface area contributed by atoms with E-state index in [9.17, 15) is 14.4 Å². The molecule has 136 valence electrons. The van der Waals surface area contributed by atoms with E-state index in [0.29, 0.717) is 29.9 Å². The van der Waals surface area contributed by atoms with Crippen molar-refractivity contribution < 1.29 is 14.3 Å². The summed E-state index contributed by atoms with van der Waals surface area (Å²) in [5.41, 5.74) is 0.159. The number of carbonyl (C=O) groups excluding carboxylic acids is 2. The molecule has 1 amide bonds.